The van der Waals surface area contributed by atoms with Crippen LogP contribution in [0.15, 0.2) is 0 Å². The highest BCUT2D eigenvalue weighted by molar-refractivity contribution is 5.78. The molecular weight excluding hydrogens is 244 g/mol. The van der Waals surface area contributed by atoms with Gasteiger partial charge in [0.15, 0.2) is 6.10 Å². The molecule has 0 spiro atoms. The Morgan fingerprint density at radius 3 is 2.32 bits per heavy atom. The summed E-state index contributed by atoms with van der Waals surface area (Å²) in [5.41, 5.74) is 0. The molecule has 110 valence electrons. The van der Waals surface area contributed by atoms with Gasteiger partial charge in [-0.25, -0.2) is 4.79 Å². The molecule has 1 aliphatic carbocycles. The summed E-state index contributed by atoms with van der Waals surface area (Å²) in [7, 11) is 0. The van der Waals surface area contributed by atoms with E-state index in [1.165, 1.54) is 13.3 Å². The maximum atomic E-state index is 11.9. The van der Waals surface area contributed by atoms with Gasteiger partial charge in [0, 0.05) is 6.92 Å². The lowest BCUT2D eigenvalue weighted by molar-refractivity contribution is -0.174. The van der Waals surface area contributed by atoms with E-state index in [-0.39, 0.29) is 6.10 Å². The third kappa shape index (κ3) is 4.84. The predicted octanol–water partition coefficient (Wildman–Crippen LogP) is 2.94. The second-order valence-corrected chi connectivity index (χ2v) is 6.05. The third-order valence-electron chi connectivity index (χ3n) is 3.90. The van der Waals surface area contributed by atoms with Crippen LogP contribution in [0.4, 0.5) is 0 Å². The van der Waals surface area contributed by atoms with Gasteiger partial charge in [-0.1, -0.05) is 27.2 Å². The van der Waals surface area contributed by atoms with Gasteiger partial charge in [0.2, 0.25) is 0 Å². The molecule has 0 N–H and O–H groups in total. The number of ether oxygens (including phenoxy) is 2. The van der Waals surface area contributed by atoms with Crippen molar-refractivity contribution in [3.63, 3.8) is 0 Å². The summed E-state index contributed by atoms with van der Waals surface area (Å²) in [5, 5.41) is 0. The molecule has 0 aliphatic heterocycles. The summed E-state index contributed by atoms with van der Waals surface area (Å²) >= 11 is 0. The van der Waals surface area contributed by atoms with Crippen LogP contribution in [0, 0.1) is 17.8 Å². The Bertz CT molecular complexity index is 324. The Hall–Kier alpha value is -1.06. The van der Waals surface area contributed by atoms with Crippen molar-refractivity contribution in [1.82, 2.24) is 0 Å². The summed E-state index contributed by atoms with van der Waals surface area (Å²) in [5.74, 6) is 0.595. The SMILES string of the molecule is CC(=O)OC(C)C(=O)O[C@H]1C[C@@H](C)CC[C@@H]1C(C)C. The monoisotopic (exact) mass is 270 g/mol. The molecule has 0 heterocycles. The van der Waals surface area contributed by atoms with E-state index in [1.54, 1.807) is 6.92 Å². The Kier molecular flexibility index (Phi) is 5.83. The molecule has 4 atom stereocenters. The van der Waals surface area contributed by atoms with Crippen LogP contribution in [0.2, 0.25) is 0 Å². The number of hydrogen-bond donors (Lipinski definition) is 0. The van der Waals surface area contributed by atoms with Crippen molar-refractivity contribution in [3.8, 4) is 0 Å². The van der Waals surface area contributed by atoms with Crippen molar-refractivity contribution in [3.05, 3.63) is 0 Å². The summed E-state index contributed by atoms with van der Waals surface area (Å²) in [6.07, 6.45) is 2.33. The first-order valence-corrected chi connectivity index (χ1v) is 7.19. The number of rotatable bonds is 4. The van der Waals surface area contributed by atoms with Crippen molar-refractivity contribution in [1.29, 1.82) is 0 Å². The predicted molar refractivity (Wildman–Crippen MR) is 72.5 cm³/mol. The third-order valence-corrected chi connectivity index (χ3v) is 3.90. The van der Waals surface area contributed by atoms with Crippen LogP contribution in [0.5, 0.6) is 0 Å². The first-order chi connectivity index (χ1) is 8.81. The molecule has 0 aromatic rings. The van der Waals surface area contributed by atoms with Crippen LogP contribution in [0.1, 0.15) is 53.9 Å². The molecule has 0 aromatic carbocycles. The molecule has 0 amide bonds. The minimum Gasteiger partial charge on any atom is -0.459 e. The molecule has 1 fully saturated rings. The zero-order valence-corrected chi connectivity index (χ0v) is 12.6. The normalized spacial score (nSPS) is 28.8. The minimum absolute atomic E-state index is 0.0470. The second-order valence-electron chi connectivity index (χ2n) is 6.05. The standard InChI is InChI=1S/C15H26O4/c1-9(2)13-7-6-10(3)8-14(13)19-15(17)11(4)18-12(5)16/h9-11,13-14H,6-8H2,1-5H3/t10-,11?,13+,14-/m0/s1. The fraction of sp³-hybridized carbons (Fsp3) is 0.867. The lowest BCUT2D eigenvalue weighted by Crippen LogP contribution is -2.38. The van der Waals surface area contributed by atoms with E-state index in [4.69, 9.17) is 9.47 Å². The Morgan fingerprint density at radius 1 is 1.16 bits per heavy atom. The molecule has 0 aromatic heterocycles. The average molecular weight is 270 g/mol. The molecule has 1 saturated carbocycles. The Morgan fingerprint density at radius 2 is 1.79 bits per heavy atom. The van der Waals surface area contributed by atoms with Crippen LogP contribution >= 0.6 is 0 Å². The van der Waals surface area contributed by atoms with Crippen LogP contribution in [0.3, 0.4) is 0 Å². The first-order valence-electron chi connectivity index (χ1n) is 7.19. The van der Waals surface area contributed by atoms with E-state index in [2.05, 4.69) is 20.8 Å². The van der Waals surface area contributed by atoms with Gasteiger partial charge < -0.3 is 9.47 Å². The van der Waals surface area contributed by atoms with Crippen molar-refractivity contribution in [2.75, 3.05) is 0 Å². The van der Waals surface area contributed by atoms with E-state index in [0.717, 1.165) is 12.8 Å². The van der Waals surface area contributed by atoms with Crippen molar-refractivity contribution in [2.24, 2.45) is 17.8 Å². The van der Waals surface area contributed by atoms with E-state index in [1.807, 2.05) is 0 Å². The van der Waals surface area contributed by atoms with E-state index < -0.39 is 18.0 Å². The van der Waals surface area contributed by atoms with Gasteiger partial charge in [0.05, 0.1) is 0 Å². The summed E-state index contributed by atoms with van der Waals surface area (Å²) in [6, 6.07) is 0. The molecule has 1 aliphatic rings. The number of carbonyl (C=O) groups is 2. The highest BCUT2D eigenvalue weighted by Gasteiger charge is 2.34. The topological polar surface area (TPSA) is 52.6 Å². The van der Waals surface area contributed by atoms with Crippen LogP contribution < -0.4 is 0 Å². The molecule has 1 rings (SSSR count). The van der Waals surface area contributed by atoms with Gasteiger partial charge in [0.1, 0.15) is 6.10 Å². The smallest absolute Gasteiger partial charge is 0.347 e. The number of carbonyl (C=O) groups excluding carboxylic acids is 2. The van der Waals surface area contributed by atoms with Crippen molar-refractivity contribution < 1.29 is 19.1 Å². The van der Waals surface area contributed by atoms with Crippen LogP contribution in [0.25, 0.3) is 0 Å². The molecule has 4 nitrogen and oxygen atoms in total. The van der Waals surface area contributed by atoms with Gasteiger partial charge in [0.25, 0.3) is 0 Å². The highest BCUT2D eigenvalue weighted by Crippen LogP contribution is 2.35. The first kappa shape index (κ1) is 16.0. The summed E-state index contributed by atoms with van der Waals surface area (Å²) in [4.78, 5) is 22.8. The fourth-order valence-electron chi connectivity index (χ4n) is 2.79. The van der Waals surface area contributed by atoms with Gasteiger partial charge in [-0.3, -0.25) is 4.79 Å². The maximum absolute atomic E-state index is 11.9. The molecule has 0 bridgehead atoms. The Labute approximate surface area is 115 Å². The zero-order chi connectivity index (χ0) is 14.6. The Balaban J connectivity index is 2.60. The van der Waals surface area contributed by atoms with Crippen LogP contribution in [-0.4, -0.2) is 24.1 Å². The van der Waals surface area contributed by atoms with E-state index in [9.17, 15) is 9.59 Å². The van der Waals surface area contributed by atoms with Crippen molar-refractivity contribution >= 4 is 11.9 Å². The fourth-order valence-corrected chi connectivity index (χ4v) is 2.79. The van der Waals surface area contributed by atoms with E-state index >= 15 is 0 Å². The lowest BCUT2D eigenvalue weighted by Gasteiger charge is -2.37. The minimum atomic E-state index is -0.817. The van der Waals surface area contributed by atoms with Gasteiger partial charge in [-0.2, -0.15) is 0 Å². The average Bonchev–Trinajstić information content (AvgIpc) is 2.27. The largest absolute Gasteiger partial charge is 0.459 e. The maximum Gasteiger partial charge on any atom is 0.347 e. The van der Waals surface area contributed by atoms with Crippen molar-refractivity contribution in [2.45, 2.75) is 66.1 Å². The summed E-state index contributed by atoms with van der Waals surface area (Å²) in [6.45, 7) is 9.37. The molecule has 4 heteroatoms. The molecule has 1 unspecified atom stereocenters. The molecule has 0 saturated heterocycles. The van der Waals surface area contributed by atoms with Crippen LogP contribution in [-0.2, 0) is 19.1 Å². The quantitative estimate of drug-likeness (QED) is 0.737. The van der Waals surface area contributed by atoms with Gasteiger partial charge in [-0.05, 0) is 37.5 Å². The number of hydrogen-bond acceptors (Lipinski definition) is 4. The molecular formula is C15H26O4. The summed E-state index contributed by atoms with van der Waals surface area (Å²) < 4.78 is 10.4. The lowest BCUT2D eigenvalue weighted by atomic mass is 9.75. The van der Waals surface area contributed by atoms with E-state index in [0.29, 0.717) is 17.8 Å². The van der Waals surface area contributed by atoms with Gasteiger partial charge >= 0.3 is 11.9 Å². The number of esters is 2. The molecule has 19 heavy (non-hydrogen) atoms. The second kappa shape index (κ2) is 6.92. The highest BCUT2D eigenvalue weighted by atomic mass is 16.6. The molecule has 0 radical (unpaired) electrons. The van der Waals surface area contributed by atoms with Gasteiger partial charge in [-0.15, -0.1) is 0 Å². The zero-order valence-electron chi connectivity index (χ0n) is 12.6.